The molecule has 3 aliphatic rings. The number of amides is 4. The average Bonchev–Trinajstić information content (AvgIpc) is 2.90. The fraction of sp³-hybridized carbons (Fsp3) is 0.481. The van der Waals surface area contributed by atoms with Crippen LogP contribution in [0.2, 0.25) is 0 Å². The summed E-state index contributed by atoms with van der Waals surface area (Å²) in [5, 5.41) is 0. The van der Waals surface area contributed by atoms with Gasteiger partial charge in [-0.3, -0.25) is 24.2 Å². The minimum atomic E-state index is -1.51. The highest BCUT2D eigenvalue weighted by Crippen LogP contribution is 2.40. The predicted octanol–water partition coefficient (Wildman–Crippen LogP) is 1.56. The number of urea groups is 1. The van der Waals surface area contributed by atoms with Crippen molar-refractivity contribution >= 4 is 17.8 Å². The van der Waals surface area contributed by atoms with Crippen LogP contribution in [0, 0.1) is 11.3 Å². The molecule has 5 rings (SSSR count). The second-order valence-electron chi connectivity index (χ2n) is 10.3. The van der Waals surface area contributed by atoms with Crippen molar-refractivity contribution in [2.24, 2.45) is 11.3 Å². The van der Waals surface area contributed by atoms with E-state index in [0.717, 1.165) is 21.9 Å². The number of aromatic nitrogens is 1. The summed E-state index contributed by atoms with van der Waals surface area (Å²) in [4.78, 5) is 57.0. The molecule has 3 aliphatic heterocycles. The van der Waals surface area contributed by atoms with Crippen molar-refractivity contribution in [2.75, 3.05) is 47.9 Å². The van der Waals surface area contributed by atoms with Gasteiger partial charge in [0.2, 0.25) is 11.8 Å². The quantitative estimate of drug-likeness (QED) is 0.546. The van der Waals surface area contributed by atoms with Gasteiger partial charge in [0.25, 0.3) is 5.56 Å². The molecular formula is C27H32N4O6. The van der Waals surface area contributed by atoms with Crippen LogP contribution in [0.15, 0.2) is 41.2 Å². The number of imide groups is 2. The third-order valence-corrected chi connectivity index (χ3v) is 8.04. The molecule has 10 nitrogen and oxygen atoms in total. The molecule has 2 fully saturated rings. The Hall–Kier alpha value is -3.66. The zero-order valence-electron chi connectivity index (χ0n) is 21.6. The number of likely N-dealkylation sites (tertiary alicyclic amines) is 1. The monoisotopic (exact) mass is 508 g/mol. The lowest BCUT2D eigenvalue weighted by Gasteiger charge is -2.48. The number of barbiturate groups is 1. The van der Waals surface area contributed by atoms with Crippen LogP contribution >= 0.6 is 0 Å². The summed E-state index contributed by atoms with van der Waals surface area (Å²) in [7, 11) is 5.92. The Morgan fingerprint density at radius 3 is 2.32 bits per heavy atom. The molecule has 2 saturated heterocycles. The SMILES string of the molecule is COc1ccc(CC2(CN3C[C@@H]4C[C@H](C3)c3cccc(=O)n3C4)C(=O)N(C)C(=O)N(C)C2=O)c(OC)c1. The van der Waals surface area contributed by atoms with Crippen LogP contribution in [-0.2, 0) is 22.6 Å². The number of methoxy groups -OCH3 is 2. The molecule has 0 aliphatic carbocycles. The van der Waals surface area contributed by atoms with Crippen molar-refractivity contribution in [1.82, 2.24) is 19.3 Å². The van der Waals surface area contributed by atoms with E-state index in [0.29, 0.717) is 36.7 Å². The Labute approximate surface area is 215 Å². The van der Waals surface area contributed by atoms with E-state index in [1.54, 1.807) is 37.4 Å². The number of rotatable bonds is 6. The van der Waals surface area contributed by atoms with Crippen LogP contribution in [0.5, 0.6) is 11.5 Å². The molecule has 1 aromatic heterocycles. The largest absolute Gasteiger partial charge is 0.497 e. The highest BCUT2D eigenvalue weighted by atomic mass is 16.5. The second kappa shape index (κ2) is 9.33. The summed E-state index contributed by atoms with van der Waals surface area (Å²) in [6, 6.07) is 10.00. The molecule has 1 aromatic carbocycles. The number of hydrogen-bond acceptors (Lipinski definition) is 7. The van der Waals surface area contributed by atoms with E-state index in [-0.39, 0.29) is 30.4 Å². The van der Waals surface area contributed by atoms with Gasteiger partial charge in [-0.05, 0) is 30.0 Å². The number of nitrogens with zero attached hydrogens (tertiary/aromatic N) is 4. The van der Waals surface area contributed by atoms with Crippen molar-refractivity contribution in [3.63, 3.8) is 0 Å². The summed E-state index contributed by atoms with van der Waals surface area (Å²) < 4.78 is 12.7. The first-order valence-corrected chi connectivity index (χ1v) is 12.4. The molecule has 37 heavy (non-hydrogen) atoms. The van der Waals surface area contributed by atoms with Crippen molar-refractivity contribution in [3.05, 3.63) is 58.0 Å². The Morgan fingerprint density at radius 1 is 0.919 bits per heavy atom. The Balaban J connectivity index is 1.53. The first-order chi connectivity index (χ1) is 17.7. The zero-order chi connectivity index (χ0) is 26.5. The predicted molar refractivity (Wildman–Crippen MR) is 135 cm³/mol. The van der Waals surface area contributed by atoms with Crippen LogP contribution in [0.25, 0.3) is 0 Å². The fourth-order valence-corrected chi connectivity index (χ4v) is 6.30. The lowest BCUT2D eigenvalue weighted by molar-refractivity contribution is -0.159. The first-order valence-electron chi connectivity index (χ1n) is 12.4. The summed E-state index contributed by atoms with van der Waals surface area (Å²) >= 11 is 0. The topological polar surface area (TPSA) is 101 Å². The Morgan fingerprint density at radius 2 is 1.65 bits per heavy atom. The normalized spacial score (nSPS) is 23.2. The summed E-state index contributed by atoms with van der Waals surface area (Å²) in [5.41, 5.74) is 0.157. The summed E-state index contributed by atoms with van der Waals surface area (Å²) in [6.45, 7) is 2.04. The molecule has 10 heteroatoms. The number of hydrogen-bond donors (Lipinski definition) is 0. The van der Waals surface area contributed by atoms with Gasteiger partial charge in [-0.25, -0.2) is 4.79 Å². The highest BCUT2D eigenvalue weighted by molar-refractivity contribution is 6.19. The minimum Gasteiger partial charge on any atom is -0.497 e. The molecule has 196 valence electrons. The van der Waals surface area contributed by atoms with Crippen molar-refractivity contribution in [1.29, 1.82) is 0 Å². The van der Waals surface area contributed by atoms with E-state index in [1.807, 2.05) is 10.6 Å². The van der Waals surface area contributed by atoms with Crippen LogP contribution in [0.3, 0.4) is 0 Å². The molecule has 0 N–H and O–H groups in total. The van der Waals surface area contributed by atoms with Gasteiger partial charge in [0, 0.05) is 70.4 Å². The van der Waals surface area contributed by atoms with Gasteiger partial charge in [-0.2, -0.15) is 0 Å². The summed E-state index contributed by atoms with van der Waals surface area (Å²) in [6.07, 6.45) is 1.03. The number of piperidine rings is 1. The molecule has 0 unspecified atom stereocenters. The third-order valence-electron chi connectivity index (χ3n) is 8.04. The molecule has 4 heterocycles. The van der Waals surface area contributed by atoms with Crippen LogP contribution in [0.4, 0.5) is 4.79 Å². The van der Waals surface area contributed by atoms with Crippen LogP contribution < -0.4 is 15.0 Å². The van der Waals surface area contributed by atoms with Gasteiger partial charge in [0.15, 0.2) is 0 Å². The lowest BCUT2D eigenvalue weighted by atomic mass is 9.75. The van der Waals surface area contributed by atoms with Gasteiger partial charge < -0.3 is 18.9 Å². The van der Waals surface area contributed by atoms with Gasteiger partial charge in [-0.1, -0.05) is 12.1 Å². The number of ether oxygens (including phenoxy) is 2. The van der Waals surface area contributed by atoms with Crippen molar-refractivity contribution < 1.29 is 23.9 Å². The molecule has 2 bridgehead atoms. The molecule has 4 amide bonds. The minimum absolute atomic E-state index is 0.00289. The second-order valence-corrected chi connectivity index (χ2v) is 10.3. The maximum atomic E-state index is 13.8. The molecule has 0 saturated carbocycles. The molecule has 2 atom stereocenters. The van der Waals surface area contributed by atoms with Gasteiger partial charge >= 0.3 is 6.03 Å². The summed E-state index contributed by atoms with van der Waals surface area (Å²) in [5.74, 6) is 0.407. The maximum Gasteiger partial charge on any atom is 0.332 e. The Bertz CT molecular complexity index is 1300. The van der Waals surface area contributed by atoms with E-state index in [4.69, 9.17) is 9.47 Å². The highest BCUT2D eigenvalue weighted by Gasteiger charge is 2.57. The number of carbonyl (C=O) groups excluding carboxylic acids is 3. The Kier molecular flexibility index (Phi) is 6.31. The molecule has 0 radical (unpaired) electrons. The van der Waals surface area contributed by atoms with Crippen LogP contribution in [-0.4, -0.2) is 85.1 Å². The van der Waals surface area contributed by atoms with Gasteiger partial charge in [-0.15, -0.1) is 0 Å². The van der Waals surface area contributed by atoms with Crippen molar-refractivity contribution in [3.8, 4) is 11.5 Å². The van der Waals surface area contributed by atoms with Crippen molar-refractivity contribution in [2.45, 2.75) is 25.3 Å². The van der Waals surface area contributed by atoms with Crippen LogP contribution in [0.1, 0.15) is 23.6 Å². The molecule has 0 spiro atoms. The average molecular weight is 509 g/mol. The maximum absolute atomic E-state index is 13.8. The van der Waals surface area contributed by atoms with E-state index in [2.05, 4.69) is 4.90 Å². The zero-order valence-corrected chi connectivity index (χ0v) is 21.6. The number of fused-ring (bicyclic) bond motifs is 4. The number of benzene rings is 1. The first kappa shape index (κ1) is 25.0. The molecular weight excluding hydrogens is 476 g/mol. The molecule has 2 aromatic rings. The van der Waals surface area contributed by atoms with E-state index >= 15 is 0 Å². The third kappa shape index (κ3) is 4.09. The lowest BCUT2D eigenvalue weighted by Crippen LogP contribution is -2.67. The van der Waals surface area contributed by atoms with Gasteiger partial charge in [0.05, 0.1) is 14.2 Å². The fourth-order valence-electron chi connectivity index (χ4n) is 6.30. The van der Waals surface area contributed by atoms with E-state index in [9.17, 15) is 19.2 Å². The standard InChI is InChI=1S/C27H32N4O6/c1-28-24(33)27(25(34)29(2)26(28)35,12-18-8-9-20(36-3)11-22(18)37-4)16-30-13-17-10-19(15-30)21-6-5-7-23(32)31(21)14-17/h5-9,11,17,19H,10,12-16H2,1-4H3/t17-,19+/m0/s1. The van der Waals surface area contributed by atoms with Gasteiger partial charge in [0.1, 0.15) is 16.9 Å². The number of carbonyl (C=O) groups is 3. The smallest absolute Gasteiger partial charge is 0.332 e. The number of pyridine rings is 1. The van der Waals surface area contributed by atoms with E-state index in [1.165, 1.54) is 21.2 Å². The van der Waals surface area contributed by atoms with E-state index < -0.39 is 23.3 Å².